The number of pyridine rings is 1. The first-order chi connectivity index (χ1) is 9.06. The summed E-state index contributed by atoms with van der Waals surface area (Å²) in [5, 5.41) is 3.00. The summed E-state index contributed by atoms with van der Waals surface area (Å²) in [4.78, 5) is 24.2. The number of carbonyl (C=O) groups excluding carboxylic acids is 1. The Hall–Kier alpha value is -2.17. The van der Waals surface area contributed by atoms with E-state index in [1.165, 1.54) is 24.4 Å². The van der Waals surface area contributed by atoms with Gasteiger partial charge in [-0.25, -0.2) is 4.39 Å². The van der Waals surface area contributed by atoms with Crippen molar-refractivity contribution in [3.8, 4) is 0 Å². The monoisotopic (exact) mass is 260 g/mol. The molecule has 2 aromatic rings. The first kappa shape index (κ1) is 11.9. The van der Waals surface area contributed by atoms with Crippen molar-refractivity contribution < 1.29 is 9.18 Å². The lowest BCUT2D eigenvalue weighted by Gasteiger charge is -2.09. The molecule has 0 aliphatic heterocycles. The topological polar surface area (TPSA) is 51.1 Å². The zero-order valence-electron chi connectivity index (χ0n) is 10.4. The summed E-state index contributed by atoms with van der Waals surface area (Å²) in [6.07, 6.45) is 3.41. The molecule has 1 fully saturated rings. The number of nitrogens with one attached hydrogen (secondary N) is 1. The van der Waals surface area contributed by atoms with E-state index in [1.54, 1.807) is 11.6 Å². The van der Waals surface area contributed by atoms with Crippen molar-refractivity contribution in [3.05, 3.63) is 46.0 Å². The fraction of sp³-hybridized carbons (Fsp3) is 0.286. The molecular formula is C14H13FN2O2. The summed E-state index contributed by atoms with van der Waals surface area (Å²) in [7, 11) is 1.73. The number of aromatic nitrogens is 1. The predicted molar refractivity (Wildman–Crippen MR) is 69.6 cm³/mol. The molecule has 1 saturated carbocycles. The molecule has 0 radical (unpaired) electrons. The molecule has 1 aromatic heterocycles. The number of rotatable bonds is 2. The van der Waals surface area contributed by atoms with Gasteiger partial charge in [-0.3, -0.25) is 9.59 Å². The summed E-state index contributed by atoms with van der Waals surface area (Å²) in [6.45, 7) is 0. The number of fused-ring (bicyclic) bond motifs is 1. The van der Waals surface area contributed by atoms with Gasteiger partial charge in [-0.1, -0.05) is 0 Å². The number of amides is 1. The third-order valence-corrected chi connectivity index (χ3v) is 3.31. The Morgan fingerprint density at radius 3 is 2.84 bits per heavy atom. The lowest BCUT2D eigenvalue weighted by Crippen LogP contribution is -2.31. The minimum absolute atomic E-state index is 0.0625. The molecule has 5 heteroatoms. The van der Waals surface area contributed by atoms with Gasteiger partial charge in [0.1, 0.15) is 11.4 Å². The van der Waals surface area contributed by atoms with Crippen LogP contribution in [-0.2, 0) is 7.05 Å². The molecule has 3 rings (SSSR count). The number of halogens is 1. The van der Waals surface area contributed by atoms with Crippen molar-refractivity contribution in [1.82, 2.24) is 9.88 Å². The number of carbonyl (C=O) groups is 1. The summed E-state index contributed by atoms with van der Waals surface area (Å²) in [5.41, 5.74) is 0.243. The van der Waals surface area contributed by atoms with Gasteiger partial charge in [0.2, 0.25) is 5.43 Å². The zero-order chi connectivity index (χ0) is 13.6. The molecule has 0 unspecified atom stereocenters. The minimum Gasteiger partial charge on any atom is -0.350 e. The maximum atomic E-state index is 13.3. The van der Waals surface area contributed by atoms with Gasteiger partial charge < -0.3 is 9.88 Å². The first-order valence-corrected chi connectivity index (χ1v) is 6.16. The Bertz CT molecular complexity index is 732. The van der Waals surface area contributed by atoms with E-state index in [2.05, 4.69) is 5.32 Å². The van der Waals surface area contributed by atoms with Gasteiger partial charge in [-0.15, -0.1) is 0 Å². The van der Waals surface area contributed by atoms with E-state index in [1.807, 2.05) is 0 Å². The van der Waals surface area contributed by atoms with Crippen molar-refractivity contribution in [1.29, 1.82) is 0 Å². The van der Waals surface area contributed by atoms with Gasteiger partial charge in [0.25, 0.3) is 5.91 Å². The molecule has 1 aliphatic carbocycles. The SMILES string of the molecule is Cn1cc(C(=O)NC2CC2)c(=O)c2cc(F)ccc21. The van der Waals surface area contributed by atoms with E-state index in [4.69, 9.17) is 0 Å². The van der Waals surface area contributed by atoms with Crippen LogP contribution in [0.1, 0.15) is 23.2 Å². The van der Waals surface area contributed by atoms with Gasteiger partial charge in [0.15, 0.2) is 0 Å². The van der Waals surface area contributed by atoms with E-state index in [0.29, 0.717) is 5.52 Å². The molecule has 4 nitrogen and oxygen atoms in total. The Morgan fingerprint density at radius 1 is 1.42 bits per heavy atom. The molecule has 0 atom stereocenters. The largest absolute Gasteiger partial charge is 0.350 e. The predicted octanol–water partition coefficient (Wildman–Crippen LogP) is 1.57. The molecule has 0 saturated heterocycles. The highest BCUT2D eigenvalue weighted by molar-refractivity contribution is 5.97. The minimum atomic E-state index is -0.482. The molecule has 0 spiro atoms. The van der Waals surface area contributed by atoms with Crippen molar-refractivity contribution in [3.63, 3.8) is 0 Å². The van der Waals surface area contributed by atoms with Gasteiger partial charge in [-0.05, 0) is 31.0 Å². The van der Waals surface area contributed by atoms with E-state index >= 15 is 0 Å². The van der Waals surface area contributed by atoms with Crippen LogP contribution >= 0.6 is 0 Å². The second kappa shape index (κ2) is 4.19. The maximum Gasteiger partial charge on any atom is 0.256 e. The van der Waals surface area contributed by atoms with Crippen LogP contribution in [-0.4, -0.2) is 16.5 Å². The highest BCUT2D eigenvalue weighted by Gasteiger charge is 2.25. The van der Waals surface area contributed by atoms with Crippen molar-refractivity contribution >= 4 is 16.8 Å². The Labute approximate surface area is 108 Å². The van der Waals surface area contributed by atoms with Gasteiger partial charge in [0, 0.05) is 24.7 Å². The number of benzene rings is 1. The second-order valence-corrected chi connectivity index (χ2v) is 4.89. The van der Waals surface area contributed by atoms with Gasteiger partial charge in [0.05, 0.1) is 5.52 Å². The fourth-order valence-corrected chi connectivity index (χ4v) is 2.12. The molecule has 19 heavy (non-hydrogen) atoms. The quantitative estimate of drug-likeness (QED) is 0.891. The summed E-state index contributed by atoms with van der Waals surface area (Å²) in [5.74, 6) is -0.862. The average molecular weight is 260 g/mol. The standard InChI is InChI=1S/C14H13FN2O2/c1-17-7-11(14(19)16-9-3-4-9)13(18)10-6-8(15)2-5-12(10)17/h2,5-7,9H,3-4H2,1H3,(H,16,19). The summed E-state index contributed by atoms with van der Waals surface area (Å²) >= 11 is 0. The third-order valence-electron chi connectivity index (χ3n) is 3.31. The number of aryl methyl sites for hydroxylation is 1. The van der Waals surface area contributed by atoms with Crippen LogP contribution < -0.4 is 10.7 Å². The summed E-state index contributed by atoms with van der Waals surface area (Å²) < 4.78 is 14.9. The van der Waals surface area contributed by atoms with Crippen LogP contribution in [0.3, 0.4) is 0 Å². The zero-order valence-corrected chi connectivity index (χ0v) is 10.4. The van der Waals surface area contributed by atoms with Crippen LogP contribution in [0, 0.1) is 5.82 Å². The number of hydrogen-bond acceptors (Lipinski definition) is 2. The van der Waals surface area contributed by atoms with Crippen LogP contribution in [0.5, 0.6) is 0 Å². The lowest BCUT2D eigenvalue weighted by molar-refractivity contribution is 0.0949. The Balaban J connectivity index is 2.17. The summed E-state index contributed by atoms with van der Waals surface area (Å²) in [6, 6.07) is 4.19. The smallest absolute Gasteiger partial charge is 0.256 e. The maximum absolute atomic E-state index is 13.3. The molecule has 98 valence electrons. The van der Waals surface area contributed by atoms with Crippen molar-refractivity contribution in [2.75, 3.05) is 0 Å². The highest BCUT2D eigenvalue weighted by Crippen LogP contribution is 2.19. The van der Waals surface area contributed by atoms with Crippen LogP contribution in [0.15, 0.2) is 29.2 Å². The molecule has 0 bridgehead atoms. The molecule has 1 aromatic carbocycles. The van der Waals surface area contributed by atoms with Crippen molar-refractivity contribution in [2.45, 2.75) is 18.9 Å². The van der Waals surface area contributed by atoms with Crippen LogP contribution in [0.2, 0.25) is 0 Å². The Kier molecular flexibility index (Phi) is 2.62. The lowest BCUT2D eigenvalue weighted by atomic mass is 10.1. The van der Waals surface area contributed by atoms with Crippen LogP contribution in [0.4, 0.5) is 4.39 Å². The van der Waals surface area contributed by atoms with E-state index in [0.717, 1.165) is 12.8 Å². The second-order valence-electron chi connectivity index (χ2n) is 4.89. The number of hydrogen-bond donors (Lipinski definition) is 1. The molecule has 1 amide bonds. The molecule has 1 aliphatic rings. The Morgan fingerprint density at radius 2 is 2.16 bits per heavy atom. The average Bonchev–Trinajstić information content (AvgIpc) is 3.17. The number of nitrogens with zero attached hydrogens (tertiary/aromatic N) is 1. The fourth-order valence-electron chi connectivity index (χ4n) is 2.12. The molecule has 1 heterocycles. The third kappa shape index (κ3) is 2.12. The van der Waals surface area contributed by atoms with Crippen molar-refractivity contribution in [2.24, 2.45) is 7.05 Å². The first-order valence-electron chi connectivity index (χ1n) is 6.16. The van der Waals surface area contributed by atoms with E-state index < -0.39 is 11.2 Å². The van der Waals surface area contributed by atoms with Crippen LogP contribution in [0.25, 0.3) is 10.9 Å². The van der Waals surface area contributed by atoms with E-state index in [-0.39, 0.29) is 22.9 Å². The molecular weight excluding hydrogens is 247 g/mol. The van der Waals surface area contributed by atoms with Gasteiger partial charge in [-0.2, -0.15) is 0 Å². The molecule has 1 N–H and O–H groups in total. The highest BCUT2D eigenvalue weighted by atomic mass is 19.1. The van der Waals surface area contributed by atoms with E-state index in [9.17, 15) is 14.0 Å². The van der Waals surface area contributed by atoms with Gasteiger partial charge >= 0.3 is 0 Å². The normalized spacial score (nSPS) is 14.6.